The van der Waals surface area contributed by atoms with Crippen molar-refractivity contribution in [3.63, 3.8) is 0 Å². The molecule has 1 rings (SSSR count). The number of aliphatic hydroxyl groups is 1. The second kappa shape index (κ2) is 7.30. The minimum atomic E-state index is 0.142. The van der Waals surface area contributed by atoms with E-state index in [2.05, 4.69) is 5.32 Å². The lowest BCUT2D eigenvalue weighted by molar-refractivity contribution is 0.0825. The van der Waals surface area contributed by atoms with E-state index >= 15 is 0 Å². The molecule has 0 aromatic rings. The molecule has 0 aliphatic carbocycles. The Morgan fingerprint density at radius 3 is 3.08 bits per heavy atom. The molecule has 1 aliphatic heterocycles. The van der Waals surface area contributed by atoms with Crippen LogP contribution < -0.4 is 5.32 Å². The molecule has 1 fully saturated rings. The molecule has 1 heterocycles. The van der Waals surface area contributed by atoms with Gasteiger partial charge in [-0.25, -0.2) is 0 Å². The predicted octanol–water partition coefficient (Wildman–Crippen LogP) is 0.775. The number of nitrogens with one attached hydrogen (secondary N) is 1. The highest BCUT2D eigenvalue weighted by molar-refractivity contribution is 4.67. The number of rotatable bonds is 5. The van der Waals surface area contributed by atoms with E-state index in [1.807, 2.05) is 0 Å². The first kappa shape index (κ1) is 11.0. The Bertz CT molecular complexity index is 111. The molecule has 1 saturated heterocycles. The first-order chi connectivity index (χ1) is 6.43. The molecular formula is C10H21NO2. The van der Waals surface area contributed by atoms with E-state index in [4.69, 9.17) is 9.84 Å². The van der Waals surface area contributed by atoms with Crippen molar-refractivity contribution in [2.24, 2.45) is 5.92 Å². The minimum Gasteiger partial charge on any atom is -0.394 e. The molecule has 0 aromatic carbocycles. The van der Waals surface area contributed by atoms with Gasteiger partial charge in [-0.15, -0.1) is 0 Å². The molecular weight excluding hydrogens is 166 g/mol. The smallest absolute Gasteiger partial charge is 0.0697 e. The van der Waals surface area contributed by atoms with Crippen LogP contribution in [0.2, 0.25) is 0 Å². The topological polar surface area (TPSA) is 41.5 Å². The summed E-state index contributed by atoms with van der Waals surface area (Å²) in [5, 5.41) is 11.9. The summed E-state index contributed by atoms with van der Waals surface area (Å²) in [6.45, 7) is 3.74. The van der Waals surface area contributed by atoms with Crippen LogP contribution in [0.4, 0.5) is 0 Å². The molecule has 0 bridgehead atoms. The fraction of sp³-hybridized carbons (Fsp3) is 1.00. The van der Waals surface area contributed by atoms with Crippen molar-refractivity contribution >= 4 is 0 Å². The van der Waals surface area contributed by atoms with Gasteiger partial charge in [0, 0.05) is 6.61 Å². The summed E-state index contributed by atoms with van der Waals surface area (Å²) in [6, 6.07) is 0. The van der Waals surface area contributed by atoms with Gasteiger partial charge in [0.15, 0.2) is 0 Å². The average molecular weight is 187 g/mol. The van der Waals surface area contributed by atoms with Gasteiger partial charge in [-0.1, -0.05) is 6.42 Å². The molecule has 3 nitrogen and oxygen atoms in total. The highest BCUT2D eigenvalue weighted by atomic mass is 16.5. The van der Waals surface area contributed by atoms with Crippen LogP contribution in [-0.2, 0) is 4.74 Å². The van der Waals surface area contributed by atoms with Crippen LogP contribution in [-0.4, -0.2) is 38.0 Å². The van der Waals surface area contributed by atoms with Crippen molar-refractivity contribution in [2.75, 3.05) is 32.9 Å². The molecule has 13 heavy (non-hydrogen) atoms. The minimum absolute atomic E-state index is 0.142. The Labute approximate surface area is 80.5 Å². The van der Waals surface area contributed by atoms with Crippen molar-refractivity contribution in [3.05, 3.63) is 0 Å². The van der Waals surface area contributed by atoms with E-state index in [9.17, 15) is 0 Å². The lowest BCUT2D eigenvalue weighted by atomic mass is 10.0. The van der Waals surface area contributed by atoms with Crippen LogP contribution in [0.25, 0.3) is 0 Å². The summed E-state index contributed by atoms with van der Waals surface area (Å²) in [4.78, 5) is 0. The lowest BCUT2D eigenvalue weighted by Crippen LogP contribution is -2.21. The van der Waals surface area contributed by atoms with Gasteiger partial charge in [-0.2, -0.15) is 0 Å². The van der Waals surface area contributed by atoms with Crippen molar-refractivity contribution in [2.45, 2.75) is 25.7 Å². The SMILES string of the molecule is OCCOCCC1CCCCNC1. The summed E-state index contributed by atoms with van der Waals surface area (Å²) in [5.74, 6) is 0.779. The zero-order chi connectivity index (χ0) is 9.36. The molecule has 0 radical (unpaired) electrons. The van der Waals surface area contributed by atoms with E-state index in [1.165, 1.54) is 25.8 Å². The Morgan fingerprint density at radius 1 is 1.31 bits per heavy atom. The molecule has 1 unspecified atom stereocenters. The van der Waals surface area contributed by atoms with Gasteiger partial charge in [0.25, 0.3) is 0 Å². The van der Waals surface area contributed by atoms with Gasteiger partial charge in [-0.05, 0) is 38.3 Å². The van der Waals surface area contributed by atoms with Gasteiger partial charge in [-0.3, -0.25) is 0 Å². The van der Waals surface area contributed by atoms with Crippen molar-refractivity contribution in [1.29, 1.82) is 0 Å². The van der Waals surface area contributed by atoms with E-state index < -0.39 is 0 Å². The van der Waals surface area contributed by atoms with Crippen LogP contribution in [0.5, 0.6) is 0 Å². The average Bonchev–Trinajstić information content (AvgIpc) is 2.41. The van der Waals surface area contributed by atoms with Crippen LogP contribution in [0.3, 0.4) is 0 Å². The summed E-state index contributed by atoms with van der Waals surface area (Å²) in [5.41, 5.74) is 0. The molecule has 2 N–H and O–H groups in total. The molecule has 1 atom stereocenters. The molecule has 0 saturated carbocycles. The molecule has 1 aliphatic rings. The Kier molecular flexibility index (Phi) is 6.15. The fourth-order valence-electron chi connectivity index (χ4n) is 1.75. The summed E-state index contributed by atoms with van der Waals surface area (Å²) in [6.07, 6.45) is 5.12. The summed E-state index contributed by atoms with van der Waals surface area (Å²) >= 11 is 0. The van der Waals surface area contributed by atoms with Crippen molar-refractivity contribution < 1.29 is 9.84 Å². The third-order valence-corrected chi connectivity index (χ3v) is 2.56. The second-order valence-corrected chi connectivity index (χ2v) is 3.69. The van der Waals surface area contributed by atoms with E-state index in [0.717, 1.165) is 25.5 Å². The third kappa shape index (κ3) is 5.24. The van der Waals surface area contributed by atoms with Gasteiger partial charge < -0.3 is 15.2 Å². The summed E-state index contributed by atoms with van der Waals surface area (Å²) < 4.78 is 5.25. The molecule has 0 spiro atoms. The highest BCUT2D eigenvalue weighted by Gasteiger charge is 2.10. The molecule has 78 valence electrons. The largest absolute Gasteiger partial charge is 0.394 e. The van der Waals surface area contributed by atoms with Crippen LogP contribution in [0.1, 0.15) is 25.7 Å². The summed E-state index contributed by atoms with van der Waals surface area (Å²) in [7, 11) is 0. The Balaban J connectivity index is 1.98. The van der Waals surface area contributed by atoms with Gasteiger partial charge in [0.05, 0.1) is 13.2 Å². The second-order valence-electron chi connectivity index (χ2n) is 3.69. The maximum atomic E-state index is 8.51. The monoisotopic (exact) mass is 187 g/mol. The molecule has 0 aromatic heterocycles. The number of hydrogen-bond acceptors (Lipinski definition) is 3. The highest BCUT2D eigenvalue weighted by Crippen LogP contribution is 2.14. The lowest BCUT2D eigenvalue weighted by Gasteiger charge is -2.13. The molecule has 3 heteroatoms. The third-order valence-electron chi connectivity index (χ3n) is 2.56. The quantitative estimate of drug-likeness (QED) is 0.625. The number of aliphatic hydroxyl groups excluding tert-OH is 1. The van der Waals surface area contributed by atoms with Gasteiger partial charge >= 0.3 is 0 Å². The van der Waals surface area contributed by atoms with Gasteiger partial charge in [0.1, 0.15) is 0 Å². The predicted molar refractivity (Wildman–Crippen MR) is 52.7 cm³/mol. The molecule has 0 amide bonds. The number of ether oxygens (including phenoxy) is 1. The van der Waals surface area contributed by atoms with E-state index in [0.29, 0.717) is 6.61 Å². The van der Waals surface area contributed by atoms with Crippen molar-refractivity contribution in [3.8, 4) is 0 Å². The van der Waals surface area contributed by atoms with Gasteiger partial charge in [0.2, 0.25) is 0 Å². The normalized spacial score (nSPS) is 24.2. The van der Waals surface area contributed by atoms with Crippen molar-refractivity contribution in [1.82, 2.24) is 5.32 Å². The Morgan fingerprint density at radius 2 is 2.23 bits per heavy atom. The van der Waals surface area contributed by atoms with Crippen LogP contribution in [0, 0.1) is 5.92 Å². The maximum absolute atomic E-state index is 8.51. The fourth-order valence-corrected chi connectivity index (χ4v) is 1.75. The Hall–Kier alpha value is -0.120. The maximum Gasteiger partial charge on any atom is 0.0697 e. The van der Waals surface area contributed by atoms with E-state index in [-0.39, 0.29) is 6.61 Å². The standard InChI is InChI=1S/C10H21NO2/c12-6-8-13-7-4-10-3-1-2-5-11-9-10/h10-12H,1-9H2. The first-order valence-corrected chi connectivity index (χ1v) is 5.33. The zero-order valence-corrected chi connectivity index (χ0v) is 8.30. The van der Waals surface area contributed by atoms with Crippen LogP contribution in [0.15, 0.2) is 0 Å². The number of hydrogen-bond donors (Lipinski definition) is 2. The van der Waals surface area contributed by atoms with E-state index in [1.54, 1.807) is 0 Å². The first-order valence-electron chi connectivity index (χ1n) is 5.33. The van der Waals surface area contributed by atoms with Crippen LogP contribution >= 0.6 is 0 Å². The zero-order valence-electron chi connectivity index (χ0n) is 8.30.